The highest BCUT2D eigenvalue weighted by atomic mass is 32.2. The first-order valence-electron chi connectivity index (χ1n) is 10.9. The van der Waals surface area contributed by atoms with Gasteiger partial charge in [-0.3, -0.25) is 4.79 Å². The van der Waals surface area contributed by atoms with E-state index in [4.69, 9.17) is 14.5 Å². The number of nitriles is 1. The summed E-state index contributed by atoms with van der Waals surface area (Å²) in [5.74, 6) is 1.72. The van der Waals surface area contributed by atoms with Crippen molar-refractivity contribution >= 4 is 23.4 Å². The smallest absolute Gasteiger partial charge is 0.234 e. The molecule has 1 unspecified atom stereocenters. The fourth-order valence-corrected chi connectivity index (χ4v) is 4.80. The lowest BCUT2D eigenvalue weighted by molar-refractivity contribution is -0.113. The van der Waals surface area contributed by atoms with E-state index < -0.39 is 0 Å². The number of thioether (sulfide) groups is 1. The van der Waals surface area contributed by atoms with Gasteiger partial charge in [-0.25, -0.2) is 4.98 Å². The Morgan fingerprint density at radius 3 is 2.75 bits per heavy atom. The number of carbonyl (C=O) groups is 1. The van der Waals surface area contributed by atoms with Crippen molar-refractivity contribution in [2.75, 3.05) is 25.3 Å². The van der Waals surface area contributed by atoms with Crippen molar-refractivity contribution in [2.24, 2.45) is 11.3 Å². The molecule has 0 radical (unpaired) electrons. The van der Waals surface area contributed by atoms with Gasteiger partial charge in [0.05, 0.1) is 31.2 Å². The van der Waals surface area contributed by atoms with E-state index in [1.165, 1.54) is 17.3 Å². The molecule has 32 heavy (non-hydrogen) atoms. The number of hydrogen-bond acceptors (Lipinski definition) is 6. The highest BCUT2D eigenvalue weighted by Crippen LogP contribution is 2.40. The van der Waals surface area contributed by atoms with E-state index in [9.17, 15) is 10.1 Å². The van der Waals surface area contributed by atoms with Crippen molar-refractivity contribution in [3.05, 3.63) is 41.1 Å². The van der Waals surface area contributed by atoms with E-state index in [0.717, 1.165) is 31.4 Å². The predicted molar refractivity (Wildman–Crippen MR) is 127 cm³/mol. The number of methoxy groups -OCH3 is 2. The Hall–Kier alpha value is -2.72. The van der Waals surface area contributed by atoms with Crippen LogP contribution in [0.15, 0.2) is 29.3 Å². The summed E-state index contributed by atoms with van der Waals surface area (Å²) < 4.78 is 10.5. The van der Waals surface area contributed by atoms with Crippen molar-refractivity contribution in [3.8, 4) is 17.6 Å². The van der Waals surface area contributed by atoms with Crippen molar-refractivity contribution in [3.63, 3.8) is 0 Å². The van der Waals surface area contributed by atoms with Crippen molar-refractivity contribution in [2.45, 2.75) is 51.5 Å². The van der Waals surface area contributed by atoms with Gasteiger partial charge in [-0.15, -0.1) is 0 Å². The summed E-state index contributed by atoms with van der Waals surface area (Å²) in [4.78, 5) is 17.4. The minimum Gasteiger partial charge on any atom is -0.497 e. The summed E-state index contributed by atoms with van der Waals surface area (Å²) >= 11 is 1.29. The lowest BCUT2D eigenvalue weighted by Crippen LogP contribution is -2.29. The van der Waals surface area contributed by atoms with Crippen LogP contribution in [0.3, 0.4) is 0 Å². The van der Waals surface area contributed by atoms with Crippen LogP contribution in [0.2, 0.25) is 0 Å². The number of fused-ring (bicyclic) bond motifs is 1. The molecule has 1 aliphatic carbocycles. The minimum absolute atomic E-state index is 0.145. The largest absolute Gasteiger partial charge is 0.497 e. The number of hydrogen-bond donors (Lipinski definition) is 1. The third kappa shape index (κ3) is 5.36. The second-order valence-corrected chi connectivity index (χ2v) is 9.71. The van der Waals surface area contributed by atoms with Crippen LogP contribution in [0.4, 0.5) is 5.69 Å². The Labute approximate surface area is 194 Å². The molecule has 1 heterocycles. The van der Waals surface area contributed by atoms with Gasteiger partial charge in [0.25, 0.3) is 0 Å². The maximum Gasteiger partial charge on any atom is 0.234 e. The number of ether oxygens (including phenoxy) is 2. The van der Waals surface area contributed by atoms with E-state index in [2.05, 4.69) is 32.2 Å². The van der Waals surface area contributed by atoms with Gasteiger partial charge in [-0.1, -0.05) is 39.0 Å². The van der Waals surface area contributed by atoms with Gasteiger partial charge < -0.3 is 14.8 Å². The molecule has 0 bridgehead atoms. The standard InChI is InChI=1S/C25H31N3O3S/c1-6-25(2,3)18-7-9-20-16(12-18)11-17(14-26)24(28-20)32-15-23(29)27-21-13-19(30-4)8-10-22(21)31-5/h8,10-11,13,18H,6-7,9,12,15H2,1-5H3,(H,27,29). The molecule has 1 N–H and O–H groups in total. The Morgan fingerprint density at radius 2 is 2.09 bits per heavy atom. The maximum absolute atomic E-state index is 12.6. The molecule has 1 atom stereocenters. The van der Waals surface area contributed by atoms with Gasteiger partial charge in [0.2, 0.25) is 5.91 Å². The zero-order valence-electron chi connectivity index (χ0n) is 19.4. The fraction of sp³-hybridized carbons (Fsp3) is 0.480. The number of benzene rings is 1. The number of nitrogens with zero attached hydrogens (tertiary/aromatic N) is 2. The van der Waals surface area contributed by atoms with Crippen molar-refractivity contribution in [1.82, 2.24) is 4.98 Å². The molecule has 3 rings (SSSR count). The maximum atomic E-state index is 12.6. The Balaban J connectivity index is 1.71. The monoisotopic (exact) mass is 453 g/mol. The number of pyridine rings is 1. The third-order valence-corrected chi connectivity index (χ3v) is 7.50. The van der Waals surface area contributed by atoms with Gasteiger partial charge >= 0.3 is 0 Å². The van der Waals surface area contributed by atoms with Gasteiger partial charge in [0.15, 0.2) is 0 Å². The zero-order valence-corrected chi connectivity index (χ0v) is 20.3. The van der Waals surface area contributed by atoms with Gasteiger partial charge in [-0.2, -0.15) is 5.26 Å². The number of aromatic nitrogens is 1. The third-order valence-electron chi connectivity index (χ3n) is 6.51. The first-order valence-corrected chi connectivity index (χ1v) is 11.9. The highest BCUT2D eigenvalue weighted by molar-refractivity contribution is 8.00. The van der Waals surface area contributed by atoms with Crippen LogP contribution in [0.25, 0.3) is 0 Å². The molecule has 0 spiro atoms. The average molecular weight is 454 g/mol. The summed E-state index contributed by atoms with van der Waals surface area (Å²) in [5, 5.41) is 13.2. The molecule has 0 fully saturated rings. The number of aryl methyl sites for hydroxylation is 1. The fourth-order valence-electron chi connectivity index (χ4n) is 4.02. The molecule has 170 valence electrons. The number of nitrogens with one attached hydrogen (secondary N) is 1. The molecule has 1 amide bonds. The number of carbonyl (C=O) groups excluding carboxylic acids is 1. The molecule has 0 saturated heterocycles. The van der Waals surface area contributed by atoms with Crippen LogP contribution < -0.4 is 14.8 Å². The van der Waals surface area contributed by atoms with Crippen molar-refractivity contribution < 1.29 is 14.3 Å². The number of anilines is 1. The topological polar surface area (TPSA) is 84.2 Å². The second kappa shape index (κ2) is 10.3. The highest BCUT2D eigenvalue weighted by Gasteiger charge is 2.32. The van der Waals surface area contributed by atoms with E-state index in [1.54, 1.807) is 32.4 Å². The molecule has 7 heteroatoms. The molecule has 2 aromatic rings. The van der Waals surface area contributed by atoms with E-state index in [1.807, 2.05) is 6.07 Å². The van der Waals surface area contributed by atoms with Crippen LogP contribution in [-0.4, -0.2) is 30.9 Å². The predicted octanol–water partition coefficient (Wildman–Crippen LogP) is 5.24. The van der Waals surface area contributed by atoms with Crippen LogP contribution in [-0.2, 0) is 17.6 Å². The normalized spacial score (nSPS) is 15.4. The molecular weight excluding hydrogens is 422 g/mol. The second-order valence-electron chi connectivity index (χ2n) is 8.74. The summed E-state index contributed by atoms with van der Waals surface area (Å²) in [6.07, 6.45) is 4.11. The molecule has 1 aromatic carbocycles. The molecule has 1 aromatic heterocycles. The van der Waals surface area contributed by atoms with Gasteiger partial charge in [0, 0.05) is 11.8 Å². The van der Waals surface area contributed by atoms with Crippen LogP contribution in [0, 0.1) is 22.7 Å². The minimum atomic E-state index is -0.199. The molecule has 1 aliphatic rings. The summed E-state index contributed by atoms with van der Waals surface area (Å²) in [5.41, 5.74) is 3.59. The van der Waals surface area contributed by atoms with Gasteiger partial charge in [0.1, 0.15) is 22.6 Å². The van der Waals surface area contributed by atoms with Crippen molar-refractivity contribution in [1.29, 1.82) is 5.26 Å². The molecule has 0 aliphatic heterocycles. The summed E-state index contributed by atoms with van der Waals surface area (Å²) in [6.45, 7) is 6.88. The first kappa shape index (κ1) is 23.9. The molecular formula is C25H31N3O3S. The van der Waals surface area contributed by atoms with Crippen LogP contribution >= 0.6 is 11.8 Å². The Morgan fingerprint density at radius 1 is 1.31 bits per heavy atom. The number of rotatable bonds is 8. The Bertz CT molecular complexity index is 1030. The van der Waals surface area contributed by atoms with E-state index in [-0.39, 0.29) is 17.1 Å². The van der Waals surface area contributed by atoms with Crippen LogP contribution in [0.5, 0.6) is 11.5 Å². The summed E-state index contributed by atoms with van der Waals surface area (Å²) in [7, 11) is 3.12. The Kier molecular flexibility index (Phi) is 7.68. The van der Waals surface area contributed by atoms with Gasteiger partial charge in [-0.05, 0) is 54.4 Å². The lowest BCUT2D eigenvalue weighted by Gasteiger charge is -2.37. The average Bonchev–Trinajstić information content (AvgIpc) is 2.81. The van der Waals surface area contributed by atoms with Crippen LogP contribution in [0.1, 0.15) is 50.4 Å². The van der Waals surface area contributed by atoms with E-state index in [0.29, 0.717) is 33.7 Å². The molecule has 0 saturated carbocycles. The SMILES string of the molecule is CCC(C)(C)C1CCc2nc(SCC(=O)Nc3cc(OC)ccc3OC)c(C#N)cc2C1. The summed E-state index contributed by atoms with van der Waals surface area (Å²) in [6, 6.07) is 9.47. The zero-order chi connectivity index (χ0) is 23.3. The van der Waals surface area contributed by atoms with E-state index >= 15 is 0 Å². The lowest BCUT2D eigenvalue weighted by atomic mass is 9.69. The first-order chi connectivity index (χ1) is 15.3. The number of amides is 1. The molecule has 6 nitrogen and oxygen atoms in total. The quantitative estimate of drug-likeness (QED) is 0.550.